The SMILES string of the molecule is [B]c1ccc2c(c1)c1c(n2CC(=O)NC2CN(C(=O)C=C)C2)CN(C)C1. The first kappa shape index (κ1) is 16.9. The molecule has 1 aromatic carbocycles. The Labute approximate surface area is 153 Å². The van der Waals surface area contributed by atoms with Crippen LogP contribution in [0.4, 0.5) is 0 Å². The number of fused-ring (bicyclic) bond motifs is 3. The smallest absolute Gasteiger partial charge is 0.246 e. The van der Waals surface area contributed by atoms with Crippen molar-refractivity contribution in [2.45, 2.75) is 25.7 Å². The van der Waals surface area contributed by atoms with E-state index in [0.29, 0.717) is 13.1 Å². The third kappa shape index (κ3) is 2.82. The Morgan fingerprint density at radius 3 is 2.85 bits per heavy atom. The number of hydrogen-bond acceptors (Lipinski definition) is 3. The maximum Gasteiger partial charge on any atom is 0.246 e. The molecule has 0 saturated carbocycles. The Balaban J connectivity index is 1.51. The highest BCUT2D eigenvalue weighted by molar-refractivity contribution is 6.33. The standard InChI is InChI=1S/C19H21BN4O2/c1-3-19(26)23-7-13(8-23)21-18(25)11-24-16-5-4-12(20)6-14(16)15-9-22(2)10-17(15)24/h3-6,13H,1,7-11H2,2H3,(H,21,25). The second-order valence-corrected chi connectivity index (χ2v) is 7.17. The molecule has 0 spiro atoms. The molecule has 6 nitrogen and oxygen atoms in total. The number of carbonyl (C=O) groups is 2. The number of hydrogen-bond donors (Lipinski definition) is 1. The normalized spacial score (nSPS) is 17.2. The third-order valence-corrected chi connectivity index (χ3v) is 5.19. The molecule has 1 N–H and O–H groups in total. The Morgan fingerprint density at radius 2 is 2.12 bits per heavy atom. The fourth-order valence-corrected chi connectivity index (χ4v) is 3.91. The first-order chi connectivity index (χ1) is 12.5. The zero-order chi connectivity index (χ0) is 18.4. The number of carbonyl (C=O) groups excluding carboxylic acids is 2. The van der Waals surface area contributed by atoms with Crippen molar-refractivity contribution < 1.29 is 9.59 Å². The summed E-state index contributed by atoms with van der Waals surface area (Å²) in [5.74, 6) is -0.128. The van der Waals surface area contributed by atoms with Crippen LogP contribution in [0, 0.1) is 0 Å². The van der Waals surface area contributed by atoms with Crippen LogP contribution in [-0.4, -0.2) is 60.2 Å². The predicted octanol–water partition coefficient (Wildman–Crippen LogP) is -0.106. The summed E-state index contributed by atoms with van der Waals surface area (Å²) >= 11 is 0. The molecule has 0 bridgehead atoms. The Kier molecular flexibility index (Phi) is 4.11. The van der Waals surface area contributed by atoms with Crippen LogP contribution in [0.2, 0.25) is 0 Å². The Morgan fingerprint density at radius 1 is 1.35 bits per heavy atom. The summed E-state index contributed by atoms with van der Waals surface area (Å²) in [6, 6.07) is 5.87. The summed E-state index contributed by atoms with van der Waals surface area (Å²) in [4.78, 5) is 27.9. The highest BCUT2D eigenvalue weighted by Crippen LogP contribution is 2.32. The van der Waals surface area contributed by atoms with Crippen molar-refractivity contribution in [1.29, 1.82) is 0 Å². The molecule has 0 aliphatic carbocycles. The number of nitrogens with one attached hydrogen (secondary N) is 1. The fraction of sp³-hybridized carbons (Fsp3) is 0.368. The molecule has 3 heterocycles. The van der Waals surface area contributed by atoms with Crippen molar-refractivity contribution in [2.75, 3.05) is 20.1 Å². The zero-order valence-electron chi connectivity index (χ0n) is 14.9. The van der Waals surface area contributed by atoms with Crippen LogP contribution in [0.25, 0.3) is 10.9 Å². The highest BCUT2D eigenvalue weighted by Gasteiger charge is 2.31. The third-order valence-electron chi connectivity index (χ3n) is 5.19. The van der Waals surface area contributed by atoms with Gasteiger partial charge in [0.25, 0.3) is 0 Å². The van der Waals surface area contributed by atoms with E-state index in [9.17, 15) is 9.59 Å². The lowest BCUT2D eigenvalue weighted by Crippen LogP contribution is -2.61. The lowest BCUT2D eigenvalue weighted by molar-refractivity contribution is -0.133. The summed E-state index contributed by atoms with van der Waals surface area (Å²) in [6.45, 7) is 6.52. The molecule has 2 amide bonds. The van der Waals surface area contributed by atoms with Crippen molar-refractivity contribution in [2.24, 2.45) is 0 Å². The predicted molar refractivity (Wildman–Crippen MR) is 101 cm³/mol. The monoisotopic (exact) mass is 348 g/mol. The van der Waals surface area contributed by atoms with Gasteiger partial charge in [-0.15, -0.1) is 0 Å². The molecule has 2 aliphatic heterocycles. The molecule has 132 valence electrons. The van der Waals surface area contributed by atoms with E-state index in [1.165, 1.54) is 17.3 Å². The van der Waals surface area contributed by atoms with Crippen molar-refractivity contribution in [3.8, 4) is 0 Å². The van der Waals surface area contributed by atoms with Crippen LogP contribution in [0.1, 0.15) is 11.3 Å². The molecule has 2 aliphatic rings. The number of benzene rings is 1. The fourth-order valence-electron chi connectivity index (χ4n) is 3.91. The van der Waals surface area contributed by atoms with E-state index in [4.69, 9.17) is 7.85 Å². The van der Waals surface area contributed by atoms with Crippen LogP contribution >= 0.6 is 0 Å². The molecule has 1 fully saturated rings. The van der Waals surface area contributed by atoms with Gasteiger partial charge in [0.1, 0.15) is 14.4 Å². The van der Waals surface area contributed by atoms with Gasteiger partial charge in [-0.2, -0.15) is 0 Å². The van der Waals surface area contributed by atoms with Crippen LogP contribution in [0.3, 0.4) is 0 Å². The molecular formula is C19H21BN4O2. The van der Waals surface area contributed by atoms with Gasteiger partial charge in [0, 0.05) is 42.8 Å². The van der Waals surface area contributed by atoms with Crippen LogP contribution in [0.5, 0.6) is 0 Å². The van der Waals surface area contributed by atoms with Gasteiger partial charge >= 0.3 is 0 Å². The van der Waals surface area contributed by atoms with E-state index >= 15 is 0 Å². The summed E-state index contributed by atoms with van der Waals surface area (Å²) < 4.78 is 2.09. The first-order valence-electron chi connectivity index (χ1n) is 8.75. The second kappa shape index (κ2) is 6.32. The second-order valence-electron chi connectivity index (χ2n) is 7.17. The van der Waals surface area contributed by atoms with Gasteiger partial charge in [0.15, 0.2) is 0 Å². The number of amides is 2. The minimum atomic E-state index is -0.0923. The summed E-state index contributed by atoms with van der Waals surface area (Å²) in [5.41, 5.74) is 4.22. The molecule has 7 heteroatoms. The van der Waals surface area contributed by atoms with Gasteiger partial charge in [0.05, 0.1) is 6.04 Å². The van der Waals surface area contributed by atoms with Crippen molar-refractivity contribution in [3.05, 3.63) is 42.1 Å². The van der Waals surface area contributed by atoms with Gasteiger partial charge in [0.2, 0.25) is 11.8 Å². The van der Waals surface area contributed by atoms with E-state index in [0.717, 1.165) is 29.5 Å². The highest BCUT2D eigenvalue weighted by atomic mass is 16.2. The number of rotatable bonds is 4. The van der Waals surface area contributed by atoms with Crippen molar-refractivity contribution >= 4 is 36.0 Å². The lowest BCUT2D eigenvalue weighted by Gasteiger charge is -2.38. The van der Waals surface area contributed by atoms with Crippen LogP contribution in [-0.2, 0) is 29.2 Å². The molecule has 1 aromatic heterocycles. The molecule has 0 unspecified atom stereocenters. The van der Waals surface area contributed by atoms with E-state index in [1.54, 1.807) is 4.90 Å². The minimum absolute atomic E-state index is 0.0135. The minimum Gasteiger partial charge on any atom is -0.348 e. The van der Waals surface area contributed by atoms with Gasteiger partial charge in [-0.25, -0.2) is 0 Å². The zero-order valence-corrected chi connectivity index (χ0v) is 14.9. The first-order valence-corrected chi connectivity index (χ1v) is 8.75. The molecule has 4 rings (SSSR count). The Hall–Kier alpha value is -2.54. The number of aromatic nitrogens is 1. The van der Waals surface area contributed by atoms with E-state index in [2.05, 4.69) is 28.4 Å². The van der Waals surface area contributed by atoms with E-state index < -0.39 is 0 Å². The summed E-state index contributed by atoms with van der Waals surface area (Å²) in [7, 11) is 8.03. The molecule has 26 heavy (non-hydrogen) atoms. The van der Waals surface area contributed by atoms with Gasteiger partial charge in [-0.3, -0.25) is 14.5 Å². The van der Waals surface area contributed by atoms with E-state index in [1.807, 2.05) is 18.2 Å². The maximum atomic E-state index is 12.6. The van der Waals surface area contributed by atoms with Gasteiger partial charge < -0.3 is 14.8 Å². The maximum absolute atomic E-state index is 12.6. The molecule has 2 radical (unpaired) electrons. The molecule has 1 saturated heterocycles. The average molecular weight is 348 g/mol. The van der Waals surface area contributed by atoms with Gasteiger partial charge in [-0.1, -0.05) is 24.2 Å². The van der Waals surface area contributed by atoms with E-state index in [-0.39, 0.29) is 24.4 Å². The molecule has 0 atom stereocenters. The summed E-state index contributed by atoms with van der Waals surface area (Å²) in [5, 5.41) is 4.14. The Bertz CT molecular complexity index is 914. The van der Waals surface area contributed by atoms with Crippen molar-refractivity contribution in [3.63, 3.8) is 0 Å². The number of likely N-dealkylation sites (tertiary alicyclic amines) is 1. The molecule has 2 aromatic rings. The summed E-state index contributed by atoms with van der Waals surface area (Å²) in [6.07, 6.45) is 1.30. The molecular weight excluding hydrogens is 327 g/mol. The van der Waals surface area contributed by atoms with Crippen LogP contribution in [0.15, 0.2) is 30.9 Å². The van der Waals surface area contributed by atoms with Crippen LogP contribution < -0.4 is 10.8 Å². The van der Waals surface area contributed by atoms with Crippen molar-refractivity contribution in [1.82, 2.24) is 19.7 Å². The quantitative estimate of drug-likeness (QED) is 0.620. The largest absolute Gasteiger partial charge is 0.348 e. The lowest BCUT2D eigenvalue weighted by atomic mass is 9.94. The average Bonchev–Trinajstić information content (AvgIpc) is 3.07. The van der Waals surface area contributed by atoms with Gasteiger partial charge in [-0.05, 0) is 24.8 Å². The number of nitrogens with zero attached hydrogens (tertiary/aromatic N) is 3. The topological polar surface area (TPSA) is 57.6 Å².